The second-order valence-corrected chi connectivity index (χ2v) is 7.16. The summed E-state index contributed by atoms with van der Waals surface area (Å²) in [6.07, 6.45) is 2.07. The summed E-state index contributed by atoms with van der Waals surface area (Å²) in [7, 11) is 0. The number of benzene rings is 1. The largest absolute Gasteiger partial charge is 0.373 e. The monoisotopic (exact) mass is 331 g/mol. The second-order valence-electron chi connectivity index (χ2n) is 7.16. The maximum atomic E-state index is 12.4. The smallest absolute Gasteiger partial charge is 0.253 e. The van der Waals surface area contributed by atoms with Crippen LogP contribution in [0.15, 0.2) is 24.3 Å². The van der Waals surface area contributed by atoms with Gasteiger partial charge in [-0.1, -0.05) is 12.1 Å². The Balaban J connectivity index is 1.60. The Morgan fingerprint density at radius 1 is 1.29 bits per heavy atom. The third-order valence-corrected chi connectivity index (χ3v) is 4.23. The van der Waals surface area contributed by atoms with E-state index in [-0.39, 0.29) is 23.5 Å². The van der Waals surface area contributed by atoms with Gasteiger partial charge in [0.1, 0.15) is 0 Å². The van der Waals surface area contributed by atoms with Gasteiger partial charge in [-0.3, -0.25) is 14.5 Å². The van der Waals surface area contributed by atoms with E-state index in [0.717, 1.165) is 19.4 Å². The summed E-state index contributed by atoms with van der Waals surface area (Å²) < 4.78 is 5.66. The predicted octanol–water partition coefficient (Wildman–Crippen LogP) is 1.63. The maximum absolute atomic E-state index is 12.4. The number of ether oxygens (including phenoxy) is 1. The molecule has 0 aromatic heterocycles. The fourth-order valence-corrected chi connectivity index (χ4v) is 2.92. The summed E-state index contributed by atoms with van der Waals surface area (Å²) in [5.41, 5.74) is 0.842. The lowest BCUT2D eigenvalue weighted by molar-refractivity contribution is -0.122. The molecule has 1 aliphatic heterocycles. The van der Waals surface area contributed by atoms with Crippen molar-refractivity contribution in [2.24, 2.45) is 0 Å². The Hall–Kier alpha value is -1.92. The van der Waals surface area contributed by atoms with E-state index in [9.17, 15) is 9.59 Å². The zero-order valence-electron chi connectivity index (χ0n) is 14.3. The summed E-state index contributed by atoms with van der Waals surface area (Å²) in [5, 5.41) is 5.84. The van der Waals surface area contributed by atoms with Crippen LogP contribution >= 0.6 is 0 Å². The first-order chi connectivity index (χ1) is 11.4. The Morgan fingerprint density at radius 3 is 2.75 bits per heavy atom. The molecule has 1 saturated carbocycles. The van der Waals surface area contributed by atoms with Gasteiger partial charge in [-0.25, -0.2) is 0 Å². The number of nitrogens with one attached hydrogen (secondary N) is 2. The van der Waals surface area contributed by atoms with Crippen molar-refractivity contribution in [1.29, 1.82) is 0 Å². The fraction of sp³-hybridized carbons (Fsp3) is 0.556. The quantitative estimate of drug-likeness (QED) is 0.860. The third-order valence-electron chi connectivity index (χ3n) is 4.23. The number of hydrogen-bond donors (Lipinski definition) is 2. The molecule has 6 heteroatoms. The highest BCUT2D eigenvalue weighted by atomic mass is 16.5. The number of anilines is 1. The number of amides is 2. The lowest BCUT2D eigenvalue weighted by atomic mass is 10.1. The van der Waals surface area contributed by atoms with Gasteiger partial charge >= 0.3 is 0 Å². The van der Waals surface area contributed by atoms with E-state index in [1.54, 1.807) is 12.1 Å². The van der Waals surface area contributed by atoms with Crippen molar-refractivity contribution < 1.29 is 14.3 Å². The molecule has 0 spiro atoms. The third kappa shape index (κ3) is 4.55. The fourth-order valence-electron chi connectivity index (χ4n) is 2.92. The molecule has 0 unspecified atom stereocenters. The van der Waals surface area contributed by atoms with Crippen LogP contribution in [0.4, 0.5) is 5.69 Å². The number of hydrogen-bond acceptors (Lipinski definition) is 4. The van der Waals surface area contributed by atoms with Gasteiger partial charge < -0.3 is 15.4 Å². The highest BCUT2D eigenvalue weighted by Crippen LogP contribution is 2.22. The molecule has 0 bridgehead atoms. The van der Waals surface area contributed by atoms with Crippen LogP contribution in [-0.2, 0) is 9.53 Å². The van der Waals surface area contributed by atoms with Crippen LogP contribution in [0.3, 0.4) is 0 Å². The number of nitrogens with zero attached hydrogens (tertiary/aromatic N) is 1. The summed E-state index contributed by atoms with van der Waals surface area (Å²) in [6.45, 7) is 6.42. The molecular weight excluding hydrogens is 306 g/mol. The molecule has 2 aliphatic rings. The van der Waals surface area contributed by atoms with Crippen molar-refractivity contribution in [2.75, 3.05) is 31.6 Å². The lowest BCUT2D eigenvalue weighted by Gasteiger charge is -2.37. The first-order valence-electron chi connectivity index (χ1n) is 8.49. The van der Waals surface area contributed by atoms with Crippen LogP contribution in [0, 0.1) is 0 Å². The van der Waals surface area contributed by atoms with Gasteiger partial charge in [0.25, 0.3) is 5.91 Å². The lowest BCUT2D eigenvalue weighted by Crippen LogP contribution is -2.50. The SMILES string of the molecule is CC1(C)CN(CC(=O)Nc2ccccc2C(=O)NC2CC2)CCO1. The Bertz CT molecular complexity index is 626. The summed E-state index contributed by atoms with van der Waals surface area (Å²) in [4.78, 5) is 26.7. The standard InChI is InChI=1S/C18H25N3O3/c1-18(2)12-21(9-10-24-18)11-16(22)20-15-6-4-3-5-14(15)17(23)19-13-7-8-13/h3-6,13H,7-12H2,1-2H3,(H,19,23)(H,20,22). The van der Waals surface area contributed by atoms with E-state index in [2.05, 4.69) is 15.5 Å². The zero-order chi connectivity index (χ0) is 17.2. The molecule has 6 nitrogen and oxygen atoms in total. The molecule has 2 amide bonds. The first kappa shape index (κ1) is 16.9. The van der Waals surface area contributed by atoms with E-state index in [1.165, 1.54) is 0 Å². The molecular formula is C18H25N3O3. The maximum Gasteiger partial charge on any atom is 0.253 e. The van der Waals surface area contributed by atoms with Gasteiger partial charge in [0.15, 0.2) is 0 Å². The molecule has 1 aliphatic carbocycles. The molecule has 3 rings (SSSR count). The Labute approximate surface area is 142 Å². The molecule has 2 fully saturated rings. The number of morpholine rings is 1. The summed E-state index contributed by atoms with van der Waals surface area (Å²) >= 11 is 0. The van der Waals surface area contributed by atoms with Crippen LogP contribution in [0.5, 0.6) is 0 Å². The molecule has 1 aromatic rings. The van der Waals surface area contributed by atoms with Crippen molar-refractivity contribution in [3.63, 3.8) is 0 Å². The van der Waals surface area contributed by atoms with Crippen molar-refractivity contribution >= 4 is 17.5 Å². The van der Waals surface area contributed by atoms with Crippen molar-refractivity contribution in [2.45, 2.75) is 38.3 Å². The van der Waals surface area contributed by atoms with Crippen molar-refractivity contribution in [3.8, 4) is 0 Å². The minimum absolute atomic E-state index is 0.112. The van der Waals surface area contributed by atoms with Crippen molar-refractivity contribution in [3.05, 3.63) is 29.8 Å². The van der Waals surface area contributed by atoms with Crippen LogP contribution in [0.2, 0.25) is 0 Å². The number of carbonyl (C=O) groups excluding carboxylic acids is 2. The van der Waals surface area contributed by atoms with E-state index in [1.807, 2.05) is 26.0 Å². The molecule has 24 heavy (non-hydrogen) atoms. The van der Waals surface area contributed by atoms with Gasteiger partial charge in [0.05, 0.1) is 30.0 Å². The average Bonchev–Trinajstić information content (AvgIpc) is 3.30. The number of rotatable bonds is 5. The van der Waals surface area contributed by atoms with Crippen molar-refractivity contribution in [1.82, 2.24) is 10.2 Å². The predicted molar refractivity (Wildman–Crippen MR) is 92.0 cm³/mol. The van der Waals surface area contributed by atoms with E-state index < -0.39 is 0 Å². The average molecular weight is 331 g/mol. The Morgan fingerprint density at radius 2 is 2.04 bits per heavy atom. The Kier molecular flexibility index (Phi) is 4.87. The molecule has 1 saturated heterocycles. The zero-order valence-corrected chi connectivity index (χ0v) is 14.3. The normalized spacial score (nSPS) is 20.4. The molecule has 0 radical (unpaired) electrons. The minimum atomic E-state index is -0.236. The summed E-state index contributed by atoms with van der Waals surface area (Å²) in [6, 6.07) is 7.43. The van der Waals surface area contributed by atoms with E-state index in [0.29, 0.717) is 30.9 Å². The van der Waals surface area contributed by atoms with E-state index in [4.69, 9.17) is 4.74 Å². The topological polar surface area (TPSA) is 70.7 Å². The minimum Gasteiger partial charge on any atom is -0.373 e. The molecule has 1 aromatic carbocycles. The molecule has 130 valence electrons. The van der Waals surface area contributed by atoms with Gasteiger partial charge in [0.2, 0.25) is 5.91 Å². The van der Waals surface area contributed by atoms with E-state index >= 15 is 0 Å². The number of para-hydroxylation sites is 1. The van der Waals surface area contributed by atoms with Crippen LogP contribution in [0.25, 0.3) is 0 Å². The second kappa shape index (κ2) is 6.91. The number of carbonyl (C=O) groups is 2. The van der Waals surface area contributed by atoms with Gasteiger partial charge in [-0.15, -0.1) is 0 Å². The van der Waals surface area contributed by atoms with Gasteiger partial charge in [-0.05, 0) is 38.8 Å². The summed E-state index contributed by atoms with van der Waals surface area (Å²) in [5.74, 6) is -0.236. The molecule has 2 N–H and O–H groups in total. The van der Waals surface area contributed by atoms with Crippen LogP contribution in [-0.4, -0.2) is 54.6 Å². The molecule has 1 heterocycles. The van der Waals surface area contributed by atoms with Gasteiger partial charge in [0, 0.05) is 19.1 Å². The van der Waals surface area contributed by atoms with Crippen LogP contribution in [0.1, 0.15) is 37.0 Å². The first-order valence-corrected chi connectivity index (χ1v) is 8.49. The van der Waals surface area contributed by atoms with Crippen LogP contribution < -0.4 is 10.6 Å². The highest BCUT2D eigenvalue weighted by molar-refractivity contribution is 6.04. The van der Waals surface area contributed by atoms with Gasteiger partial charge in [-0.2, -0.15) is 0 Å². The highest BCUT2D eigenvalue weighted by Gasteiger charge is 2.28. The molecule has 0 atom stereocenters.